The smallest absolute Gasteiger partial charge is 0.255 e. The molecule has 1 saturated heterocycles. The molecule has 0 N–H and O–H groups in total. The molecule has 0 bridgehead atoms. The summed E-state index contributed by atoms with van der Waals surface area (Å²) in [6.07, 6.45) is 7.69. The molecule has 1 aliphatic heterocycles. The normalized spacial score (nSPS) is 17.8. The first-order valence-corrected chi connectivity index (χ1v) is 8.76. The SMILES string of the molecule is Cc1ccc2cc(C(=O)N3CCCC(n4ccnc4)C3)c(C)nc2c1. The molecule has 3 heterocycles. The van der Waals surface area contributed by atoms with Gasteiger partial charge in [0, 0.05) is 30.9 Å². The number of hydrogen-bond donors (Lipinski definition) is 0. The zero-order chi connectivity index (χ0) is 17.4. The third kappa shape index (κ3) is 3.02. The number of carbonyl (C=O) groups excluding carboxylic acids is 1. The Morgan fingerprint density at radius 2 is 2.12 bits per heavy atom. The second-order valence-corrected chi connectivity index (χ2v) is 6.87. The molecular formula is C20H22N4O. The van der Waals surface area contributed by atoms with Crippen molar-refractivity contribution in [2.24, 2.45) is 0 Å². The predicted molar refractivity (Wildman–Crippen MR) is 97.6 cm³/mol. The number of carbonyl (C=O) groups is 1. The molecule has 1 atom stereocenters. The number of amides is 1. The molecular weight excluding hydrogens is 312 g/mol. The van der Waals surface area contributed by atoms with Gasteiger partial charge in [-0.3, -0.25) is 9.78 Å². The van der Waals surface area contributed by atoms with Gasteiger partial charge in [0.2, 0.25) is 0 Å². The highest BCUT2D eigenvalue weighted by Crippen LogP contribution is 2.25. The number of aromatic nitrogens is 3. The first kappa shape index (κ1) is 15.8. The van der Waals surface area contributed by atoms with E-state index in [2.05, 4.69) is 33.6 Å². The van der Waals surface area contributed by atoms with E-state index in [1.807, 2.05) is 36.5 Å². The molecule has 0 aliphatic carbocycles. The van der Waals surface area contributed by atoms with Crippen LogP contribution >= 0.6 is 0 Å². The molecule has 4 rings (SSSR count). The number of likely N-dealkylation sites (tertiary alicyclic amines) is 1. The zero-order valence-corrected chi connectivity index (χ0v) is 14.6. The van der Waals surface area contributed by atoms with E-state index in [0.717, 1.165) is 42.5 Å². The molecule has 128 valence electrons. The Morgan fingerprint density at radius 1 is 1.24 bits per heavy atom. The molecule has 1 fully saturated rings. The number of rotatable bonds is 2. The van der Waals surface area contributed by atoms with Crippen molar-refractivity contribution in [2.45, 2.75) is 32.7 Å². The molecule has 2 aromatic heterocycles. The van der Waals surface area contributed by atoms with Gasteiger partial charge in [0.25, 0.3) is 5.91 Å². The van der Waals surface area contributed by atoms with Gasteiger partial charge < -0.3 is 9.47 Å². The van der Waals surface area contributed by atoms with Crippen molar-refractivity contribution in [1.82, 2.24) is 19.4 Å². The number of hydrogen-bond acceptors (Lipinski definition) is 3. The molecule has 5 nitrogen and oxygen atoms in total. The molecule has 0 saturated carbocycles. The fourth-order valence-electron chi connectivity index (χ4n) is 3.63. The Labute approximate surface area is 147 Å². The fourth-order valence-corrected chi connectivity index (χ4v) is 3.63. The second-order valence-electron chi connectivity index (χ2n) is 6.87. The van der Waals surface area contributed by atoms with Gasteiger partial charge in [-0.2, -0.15) is 0 Å². The van der Waals surface area contributed by atoms with Gasteiger partial charge >= 0.3 is 0 Å². The summed E-state index contributed by atoms with van der Waals surface area (Å²) in [5.74, 6) is 0.0808. The maximum atomic E-state index is 13.1. The van der Waals surface area contributed by atoms with E-state index in [0.29, 0.717) is 11.6 Å². The quantitative estimate of drug-likeness (QED) is 0.720. The minimum absolute atomic E-state index is 0.0808. The Morgan fingerprint density at radius 3 is 2.92 bits per heavy atom. The van der Waals surface area contributed by atoms with Gasteiger partial charge in [-0.15, -0.1) is 0 Å². The van der Waals surface area contributed by atoms with Gasteiger partial charge in [0.05, 0.1) is 29.1 Å². The number of fused-ring (bicyclic) bond motifs is 1. The first-order chi connectivity index (χ1) is 12.1. The third-order valence-corrected chi connectivity index (χ3v) is 5.02. The summed E-state index contributed by atoms with van der Waals surface area (Å²) in [6.45, 7) is 5.50. The van der Waals surface area contributed by atoms with Crippen LogP contribution in [0.5, 0.6) is 0 Å². The maximum absolute atomic E-state index is 13.1. The van der Waals surface area contributed by atoms with Crippen LogP contribution in [0.25, 0.3) is 10.9 Å². The Balaban J connectivity index is 1.62. The fraction of sp³-hybridized carbons (Fsp3) is 0.350. The summed E-state index contributed by atoms with van der Waals surface area (Å²) in [4.78, 5) is 23.9. The van der Waals surface area contributed by atoms with Crippen molar-refractivity contribution in [3.8, 4) is 0 Å². The van der Waals surface area contributed by atoms with Crippen LogP contribution in [0, 0.1) is 13.8 Å². The van der Waals surface area contributed by atoms with Crippen molar-refractivity contribution in [1.29, 1.82) is 0 Å². The molecule has 5 heteroatoms. The van der Waals surface area contributed by atoms with Crippen molar-refractivity contribution in [3.05, 3.63) is 59.8 Å². The molecule has 25 heavy (non-hydrogen) atoms. The van der Waals surface area contributed by atoms with Gasteiger partial charge in [0.15, 0.2) is 0 Å². The van der Waals surface area contributed by atoms with E-state index >= 15 is 0 Å². The summed E-state index contributed by atoms with van der Waals surface area (Å²) in [7, 11) is 0. The topological polar surface area (TPSA) is 51.0 Å². The van der Waals surface area contributed by atoms with E-state index in [9.17, 15) is 4.79 Å². The second kappa shape index (κ2) is 6.31. The largest absolute Gasteiger partial charge is 0.337 e. The van der Waals surface area contributed by atoms with Gasteiger partial charge in [0.1, 0.15) is 0 Å². The minimum atomic E-state index is 0.0808. The average Bonchev–Trinajstić information content (AvgIpc) is 3.15. The summed E-state index contributed by atoms with van der Waals surface area (Å²) in [5.41, 5.74) is 3.64. The number of imidazole rings is 1. The summed E-state index contributed by atoms with van der Waals surface area (Å²) >= 11 is 0. The van der Waals surface area contributed by atoms with Crippen LogP contribution in [0.1, 0.15) is 40.5 Å². The highest BCUT2D eigenvalue weighted by atomic mass is 16.2. The van der Waals surface area contributed by atoms with Crippen LogP contribution in [0.3, 0.4) is 0 Å². The Bertz CT molecular complexity index is 917. The van der Waals surface area contributed by atoms with Crippen molar-refractivity contribution in [2.75, 3.05) is 13.1 Å². The van der Waals surface area contributed by atoms with Gasteiger partial charge in [-0.1, -0.05) is 12.1 Å². The maximum Gasteiger partial charge on any atom is 0.255 e. The lowest BCUT2D eigenvalue weighted by Gasteiger charge is -2.33. The molecule has 1 aliphatic rings. The van der Waals surface area contributed by atoms with Crippen LogP contribution < -0.4 is 0 Å². The van der Waals surface area contributed by atoms with Crippen molar-refractivity contribution >= 4 is 16.8 Å². The lowest BCUT2D eigenvalue weighted by molar-refractivity contribution is 0.0678. The van der Waals surface area contributed by atoms with Crippen LogP contribution in [0.4, 0.5) is 0 Å². The number of piperidine rings is 1. The van der Waals surface area contributed by atoms with Crippen molar-refractivity contribution in [3.63, 3.8) is 0 Å². The van der Waals surface area contributed by atoms with E-state index in [1.165, 1.54) is 5.56 Å². The molecule has 0 radical (unpaired) electrons. The lowest BCUT2D eigenvalue weighted by Crippen LogP contribution is -2.40. The van der Waals surface area contributed by atoms with Gasteiger partial charge in [-0.25, -0.2) is 4.98 Å². The minimum Gasteiger partial charge on any atom is -0.337 e. The third-order valence-electron chi connectivity index (χ3n) is 5.02. The number of pyridine rings is 1. The summed E-state index contributed by atoms with van der Waals surface area (Å²) in [5, 5.41) is 1.02. The van der Waals surface area contributed by atoms with E-state index in [-0.39, 0.29) is 5.91 Å². The van der Waals surface area contributed by atoms with E-state index in [4.69, 9.17) is 0 Å². The standard InChI is InChI=1S/C20H22N4O/c1-14-5-6-16-11-18(15(2)22-19(16)10-14)20(25)23-8-3-4-17(12-23)24-9-7-21-13-24/h5-7,9-11,13,17H,3-4,8,12H2,1-2H3. The van der Waals surface area contributed by atoms with Crippen molar-refractivity contribution < 1.29 is 4.79 Å². The zero-order valence-electron chi connectivity index (χ0n) is 14.6. The summed E-state index contributed by atoms with van der Waals surface area (Å²) in [6, 6.07) is 8.45. The first-order valence-electron chi connectivity index (χ1n) is 8.76. The van der Waals surface area contributed by atoms with Crippen LogP contribution in [0.15, 0.2) is 43.0 Å². The molecule has 1 unspecified atom stereocenters. The van der Waals surface area contributed by atoms with Crippen LogP contribution in [-0.2, 0) is 0 Å². The summed E-state index contributed by atoms with van der Waals surface area (Å²) < 4.78 is 2.10. The molecule has 3 aromatic rings. The monoisotopic (exact) mass is 334 g/mol. The lowest BCUT2D eigenvalue weighted by atomic mass is 10.0. The van der Waals surface area contributed by atoms with Crippen LogP contribution in [0.2, 0.25) is 0 Å². The average molecular weight is 334 g/mol. The number of benzene rings is 1. The number of nitrogens with zero attached hydrogens (tertiary/aromatic N) is 4. The van der Waals surface area contributed by atoms with Crippen LogP contribution in [-0.4, -0.2) is 38.4 Å². The molecule has 1 amide bonds. The van der Waals surface area contributed by atoms with E-state index < -0.39 is 0 Å². The highest BCUT2D eigenvalue weighted by molar-refractivity contribution is 5.98. The Kier molecular flexibility index (Phi) is 3.99. The predicted octanol–water partition coefficient (Wildman–Crippen LogP) is 3.53. The highest BCUT2D eigenvalue weighted by Gasteiger charge is 2.26. The van der Waals surface area contributed by atoms with E-state index in [1.54, 1.807) is 6.20 Å². The van der Waals surface area contributed by atoms with Gasteiger partial charge in [-0.05, 0) is 44.4 Å². The molecule has 1 aromatic carbocycles. The number of aryl methyl sites for hydroxylation is 2. The Hall–Kier alpha value is -2.69. The molecule has 0 spiro atoms.